The third kappa shape index (κ3) is 1.96. The van der Waals surface area contributed by atoms with Gasteiger partial charge in [0.15, 0.2) is 11.2 Å². The molecule has 2 aromatic rings. The summed E-state index contributed by atoms with van der Waals surface area (Å²) in [4.78, 5) is 14.2. The average Bonchev–Trinajstić information content (AvgIpc) is 2.85. The van der Waals surface area contributed by atoms with Gasteiger partial charge in [0.1, 0.15) is 0 Å². The molecule has 1 aromatic heterocycles. The molecule has 2 N–H and O–H groups in total. The van der Waals surface area contributed by atoms with Crippen LogP contribution in [0.15, 0.2) is 30.5 Å². The molecule has 0 spiro atoms. The Morgan fingerprint density at radius 3 is 3.00 bits per heavy atom. The van der Waals surface area contributed by atoms with Crippen molar-refractivity contribution in [1.29, 1.82) is 0 Å². The number of nitrogens with one attached hydrogen (secondary N) is 2. The number of benzene rings is 1. The van der Waals surface area contributed by atoms with E-state index in [9.17, 15) is 9.00 Å². The van der Waals surface area contributed by atoms with Gasteiger partial charge in [-0.25, -0.2) is 4.21 Å². The summed E-state index contributed by atoms with van der Waals surface area (Å²) >= 11 is -1.39. The summed E-state index contributed by atoms with van der Waals surface area (Å²) in [6, 6.07) is 7.98. The van der Waals surface area contributed by atoms with Crippen molar-refractivity contribution in [2.24, 2.45) is 0 Å². The molecule has 1 aliphatic rings. The van der Waals surface area contributed by atoms with Gasteiger partial charge >= 0.3 is 0 Å². The molecule has 3 rings (SSSR count). The minimum Gasteiger partial charge on any atom is -0.361 e. The van der Waals surface area contributed by atoms with E-state index < -0.39 is 11.2 Å². The Morgan fingerprint density at radius 1 is 1.35 bits per heavy atom. The van der Waals surface area contributed by atoms with E-state index in [0.29, 0.717) is 6.54 Å². The third-order valence-corrected chi connectivity index (χ3v) is 3.86. The summed E-state index contributed by atoms with van der Waals surface area (Å²) in [6.45, 7) is 0.699. The molecule has 1 amide bonds. The summed E-state index contributed by atoms with van der Waals surface area (Å²) in [6.07, 6.45) is 1.88. The van der Waals surface area contributed by atoms with Crippen LogP contribution in [0.1, 0.15) is 5.56 Å². The van der Waals surface area contributed by atoms with Gasteiger partial charge in [0, 0.05) is 18.3 Å². The van der Waals surface area contributed by atoms with Gasteiger partial charge in [-0.2, -0.15) is 4.31 Å². The number of hydrogen-bond donors (Lipinski definition) is 2. The van der Waals surface area contributed by atoms with Gasteiger partial charge in [-0.05, 0) is 29.1 Å². The fourth-order valence-electron chi connectivity index (χ4n) is 1.93. The molecule has 0 saturated carbocycles. The molecule has 0 bridgehead atoms. The van der Waals surface area contributed by atoms with E-state index in [1.54, 1.807) is 4.31 Å². The van der Waals surface area contributed by atoms with Crippen molar-refractivity contribution in [3.05, 3.63) is 36.0 Å². The number of H-pyrrole nitrogens is 1. The quantitative estimate of drug-likeness (QED) is 0.822. The van der Waals surface area contributed by atoms with E-state index >= 15 is 0 Å². The van der Waals surface area contributed by atoms with Crippen molar-refractivity contribution >= 4 is 28.0 Å². The summed E-state index contributed by atoms with van der Waals surface area (Å²) in [5, 5.41) is 1.12. The van der Waals surface area contributed by atoms with Crippen LogP contribution >= 0.6 is 0 Å². The van der Waals surface area contributed by atoms with Crippen molar-refractivity contribution in [2.45, 2.75) is 6.54 Å². The highest BCUT2D eigenvalue weighted by molar-refractivity contribution is 7.81. The van der Waals surface area contributed by atoms with Crippen molar-refractivity contribution < 1.29 is 9.00 Å². The van der Waals surface area contributed by atoms with Gasteiger partial charge < -0.3 is 4.98 Å². The molecule has 5 nitrogen and oxygen atoms in total. The smallest absolute Gasteiger partial charge is 0.247 e. The Hall–Kier alpha value is -1.66. The third-order valence-electron chi connectivity index (χ3n) is 2.73. The first kappa shape index (κ1) is 10.5. The molecule has 0 aliphatic carbocycles. The Morgan fingerprint density at radius 2 is 2.24 bits per heavy atom. The fraction of sp³-hybridized carbons (Fsp3) is 0.182. The largest absolute Gasteiger partial charge is 0.361 e. The number of aromatic nitrogens is 1. The minimum atomic E-state index is -1.39. The van der Waals surface area contributed by atoms with Crippen LogP contribution in [0.3, 0.4) is 0 Å². The Balaban J connectivity index is 1.84. The summed E-state index contributed by atoms with van der Waals surface area (Å²) < 4.78 is 15.5. The lowest BCUT2D eigenvalue weighted by molar-refractivity contribution is -0.118. The fourth-order valence-corrected chi connectivity index (χ4v) is 2.82. The molecule has 88 valence electrons. The van der Waals surface area contributed by atoms with E-state index in [4.69, 9.17) is 0 Å². The van der Waals surface area contributed by atoms with E-state index in [0.717, 1.165) is 16.5 Å². The van der Waals surface area contributed by atoms with Crippen LogP contribution < -0.4 is 4.72 Å². The van der Waals surface area contributed by atoms with Gasteiger partial charge in [0.05, 0.1) is 6.54 Å². The topological polar surface area (TPSA) is 65.2 Å². The van der Waals surface area contributed by atoms with Gasteiger partial charge in [-0.15, -0.1) is 0 Å². The predicted molar refractivity (Wildman–Crippen MR) is 65.0 cm³/mol. The standard InChI is InChI=1S/C11H11N3O2S/c15-11-7-14(17(16)13-11)6-8-1-2-10-9(5-8)3-4-12-10/h1-5,12H,6-7H2,(H,13,15). The van der Waals surface area contributed by atoms with Crippen molar-refractivity contribution in [3.8, 4) is 0 Å². The highest BCUT2D eigenvalue weighted by atomic mass is 32.2. The normalized spacial score (nSPS) is 20.9. The Labute approximate surface area is 101 Å². The zero-order valence-corrected chi connectivity index (χ0v) is 9.79. The lowest BCUT2D eigenvalue weighted by Crippen LogP contribution is -2.22. The Kier molecular flexibility index (Phi) is 2.45. The van der Waals surface area contributed by atoms with Crippen molar-refractivity contribution in [2.75, 3.05) is 6.54 Å². The average molecular weight is 249 g/mol. The maximum absolute atomic E-state index is 11.5. The van der Waals surface area contributed by atoms with E-state index in [1.807, 2.05) is 30.5 Å². The zero-order chi connectivity index (χ0) is 11.8. The number of carbonyl (C=O) groups excluding carboxylic acids is 1. The van der Waals surface area contributed by atoms with Gasteiger partial charge in [-0.3, -0.25) is 9.52 Å². The van der Waals surface area contributed by atoms with Crippen LogP contribution in [0.2, 0.25) is 0 Å². The van der Waals surface area contributed by atoms with Gasteiger partial charge in [0.25, 0.3) is 0 Å². The molecule has 1 aromatic carbocycles. The molecule has 1 fully saturated rings. The second-order valence-electron chi connectivity index (χ2n) is 3.97. The minimum absolute atomic E-state index is 0.189. The van der Waals surface area contributed by atoms with Crippen LogP contribution in [0.25, 0.3) is 10.9 Å². The van der Waals surface area contributed by atoms with E-state index in [1.165, 1.54) is 0 Å². The van der Waals surface area contributed by atoms with E-state index in [2.05, 4.69) is 9.71 Å². The summed E-state index contributed by atoms with van der Waals surface area (Å²) in [5.41, 5.74) is 2.12. The van der Waals surface area contributed by atoms with Gasteiger partial charge in [-0.1, -0.05) is 6.07 Å². The van der Waals surface area contributed by atoms with Crippen LogP contribution in [-0.4, -0.2) is 26.0 Å². The molecule has 1 aliphatic heterocycles. The molecule has 1 saturated heterocycles. The lowest BCUT2D eigenvalue weighted by atomic mass is 10.1. The molecule has 1 atom stereocenters. The highest BCUT2D eigenvalue weighted by Gasteiger charge is 2.26. The molecule has 0 radical (unpaired) electrons. The van der Waals surface area contributed by atoms with Crippen LogP contribution in [-0.2, 0) is 22.5 Å². The van der Waals surface area contributed by atoms with Gasteiger partial charge in [0.2, 0.25) is 5.91 Å². The zero-order valence-electron chi connectivity index (χ0n) is 8.97. The second-order valence-corrected chi connectivity index (χ2v) is 5.19. The van der Waals surface area contributed by atoms with Crippen molar-refractivity contribution in [1.82, 2.24) is 14.0 Å². The first-order valence-corrected chi connectivity index (χ1v) is 6.35. The molecular formula is C11H11N3O2S. The number of fused-ring (bicyclic) bond motifs is 1. The maximum Gasteiger partial charge on any atom is 0.247 e. The van der Waals surface area contributed by atoms with Crippen molar-refractivity contribution in [3.63, 3.8) is 0 Å². The molecule has 17 heavy (non-hydrogen) atoms. The summed E-state index contributed by atoms with van der Waals surface area (Å²) in [5.74, 6) is -0.189. The van der Waals surface area contributed by atoms with Crippen LogP contribution in [0.5, 0.6) is 0 Å². The highest BCUT2D eigenvalue weighted by Crippen LogP contribution is 2.16. The first-order chi connectivity index (χ1) is 8.22. The monoisotopic (exact) mass is 249 g/mol. The number of nitrogens with zero attached hydrogens (tertiary/aromatic N) is 1. The number of hydrogen-bond acceptors (Lipinski definition) is 2. The SMILES string of the molecule is O=C1CN(Cc2ccc3[nH]ccc3c2)S(=O)N1. The van der Waals surface area contributed by atoms with Crippen LogP contribution in [0, 0.1) is 0 Å². The number of aromatic amines is 1. The molecule has 6 heteroatoms. The number of carbonyl (C=O) groups is 1. The predicted octanol–water partition coefficient (Wildman–Crippen LogP) is 0.678. The molecular weight excluding hydrogens is 238 g/mol. The second kappa shape index (κ2) is 3.97. The maximum atomic E-state index is 11.5. The first-order valence-electron chi connectivity index (χ1n) is 5.25. The number of amides is 1. The van der Waals surface area contributed by atoms with Crippen LogP contribution in [0.4, 0.5) is 0 Å². The summed E-state index contributed by atoms with van der Waals surface area (Å²) in [7, 11) is 0. The lowest BCUT2D eigenvalue weighted by Gasteiger charge is -2.10. The molecule has 1 unspecified atom stereocenters. The Bertz CT molecular complexity index is 608. The number of rotatable bonds is 2. The molecule has 2 heterocycles. The van der Waals surface area contributed by atoms with E-state index in [-0.39, 0.29) is 12.5 Å².